The Morgan fingerprint density at radius 1 is 0.381 bits per heavy atom. The number of anilines is 9. The SMILES string of the molecule is Cc1ccc(N(c2ccc(C)cc2)c2ccc3c(c2)N(c2ccccc2)c2cc(N(c4ccccc4)c4ccccc4)ccc2B3c2c(C(C)C)cc(C(C)C)cc2C(C)C)cc1. The van der Waals surface area contributed by atoms with Gasteiger partial charge in [-0.3, -0.25) is 0 Å². The number of nitrogens with zero attached hydrogens (tertiary/aromatic N) is 3. The molecule has 0 N–H and O–H groups in total. The zero-order chi connectivity index (χ0) is 43.8. The van der Waals surface area contributed by atoms with Crippen molar-refractivity contribution in [3.63, 3.8) is 0 Å². The second kappa shape index (κ2) is 17.5. The van der Waals surface area contributed by atoms with Gasteiger partial charge in [0.15, 0.2) is 0 Å². The Bertz CT molecular complexity index is 2720. The predicted molar refractivity (Wildman–Crippen MR) is 273 cm³/mol. The number of fused-ring (bicyclic) bond motifs is 2. The van der Waals surface area contributed by atoms with Crippen molar-refractivity contribution in [1.29, 1.82) is 0 Å². The van der Waals surface area contributed by atoms with Crippen LogP contribution in [0, 0.1) is 13.8 Å². The van der Waals surface area contributed by atoms with Crippen LogP contribution in [0.4, 0.5) is 51.2 Å². The molecule has 0 radical (unpaired) electrons. The zero-order valence-corrected chi connectivity index (χ0v) is 38.0. The van der Waals surface area contributed by atoms with Crippen LogP contribution < -0.4 is 31.1 Å². The van der Waals surface area contributed by atoms with Gasteiger partial charge >= 0.3 is 0 Å². The van der Waals surface area contributed by atoms with Crippen molar-refractivity contribution < 1.29 is 0 Å². The molecule has 0 bridgehead atoms. The minimum atomic E-state index is -0.0109. The highest BCUT2D eigenvalue weighted by molar-refractivity contribution is 6.98. The molecule has 0 spiro atoms. The van der Waals surface area contributed by atoms with E-state index in [4.69, 9.17) is 0 Å². The van der Waals surface area contributed by atoms with Crippen LogP contribution in [0.15, 0.2) is 188 Å². The molecule has 3 nitrogen and oxygen atoms in total. The molecule has 0 saturated carbocycles. The Kier molecular flexibility index (Phi) is 11.6. The summed E-state index contributed by atoms with van der Waals surface area (Å²) in [6.07, 6.45) is 0. The molecule has 0 aromatic heterocycles. The van der Waals surface area contributed by atoms with Crippen molar-refractivity contribution in [3.8, 4) is 0 Å². The summed E-state index contributed by atoms with van der Waals surface area (Å²) in [5.74, 6) is 1.09. The molecular formula is C59H58BN3. The maximum Gasteiger partial charge on any atom is 0.247 e. The molecule has 0 atom stereocenters. The molecule has 0 unspecified atom stereocenters. The van der Waals surface area contributed by atoms with E-state index in [0.29, 0.717) is 17.8 Å². The van der Waals surface area contributed by atoms with Crippen LogP contribution in [-0.4, -0.2) is 6.71 Å². The molecule has 1 aliphatic heterocycles. The van der Waals surface area contributed by atoms with Crippen LogP contribution in [0.1, 0.15) is 87.1 Å². The fourth-order valence-electron chi connectivity index (χ4n) is 9.46. The minimum Gasteiger partial charge on any atom is -0.311 e. The largest absolute Gasteiger partial charge is 0.311 e. The van der Waals surface area contributed by atoms with E-state index in [9.17, 15) is 0 Å². The molecule has 63 heavy (non-hydrogen) atoms. The Hall–Kier alpha value is -6.78. The maximum absolute atomic E-state index is 2.53. The first-order chi connectivity index (χ1) is 30.6. The summed E-state index contributed by atoms with van der Waals surface area (Å²) >= 11 is 0. The van der Waals surface area contributed by atoms with Crippen molar-refractivity contribution in [1.82, 2.24) is 0 Å². The Morgan fingerprint density at radius 2 is 0.746 bits per heavy atom. The number of rotatable bonds is 11. The average molecular weight is 820 g/mol. The molecule has 9 rings (SSSR count). The normalized spacial score (nSPS) is 12.2. The first-order valence-electron chi connectivity index (χ1n) is 22.7. The van der Waals surface area contributed by atoms with Crippen LogP contribution >= 0.6 is 0 Å². The van der Waals surface area contributed by atoms with Crippen molar-refractivity contribution >= 4 is 74.3 Å². The van der Waals surface area contributed by atoms with Crippen molar-refractivity contribution in [3.05, 3.63) is 216 Å². The maximum atomic E-state index is 2.53. The molecule has 312 valence electrons. The topological polar surface area (TPSA) is 9.72 Å². The van der Waals surface area contributed by atoms with Gasteiger partial charge in [-0.05, 0) is 144 Å². The highest BCUT2D eigenvalue weighted by Crippen LogP contribution is 2.44. The average Bonchev–Trinajstić information content (AvgIpc) is 3.30. The van der Waals surface area contributed by atoms with E-state index in [2.05, 4.69) is 258 Å². The van der Waals surface area contributed by atoms with Gasteiger partial charge in [-0.2, -0.15) is 0 Å². The second-order valence-electron chi connectivity index (χ2n) is 18.2. The van der Waals surface area contributed by atoms with E-state index in [0.717, 1.165) is 39.8 Å². The number of hydrogen-bond donors (Lipinski definition) is 0. The lowest BCUT2D eigenvalue weighted by molar-refractivity contribution is 0.812. The number of para-hydroxylation sites is 3. The van der Waals surface area contributed by atoms with Gasteiger partial charge in [0, 0.05) is 51.2 Å². The molecule has 0 aliphatic carbocycles. The standard InChI is InChI=1S/C59H58BN3/c1-40(2)45-36-53(41(3)4)59(54(37-45)42(5)6)60-55-34-32-51(61(46-18-12-9-13-19-46)47-20-14-10-15-21-47)38-57(55)63(48-22-16-11-17-23-48)58-39-52(33-35-56(58)60)62(49-28-24-43(7)25-29-49)50-30-26-44(8)27-31-50/h9-42H,1-8H3. The first-order valence-corrected chi connectivity index (χ1v) is 22.7. The minimum absolute atomic E-state index is 0.0109. The van der Waals surface area contributed by atoms with E-state index < -0.39 is 0 Å². The van der Waals surface area contributed by atoms with Gasteiger partial charge in [0.2, 0.25) is 6.71 Å². The van der Waals surface area contributed by atoms with Crippen LogP contribution in [0.25, 0.3) is 0 Å². The van der Waals surface area contributed by atoms with Crippen LogP contribution in [0.5, 0.6) is 0 Å². The summed E-state index contributed by atoms with van der Waals surface area (Å²) in [5.41, 5.74) is 21.0. The third kappa shape index (κ3) is 8.07. The molecule has 4 heteroatoms. The summed E-state index contributed by atoms with van der Waals surface area (Å²) in [5, 5.41) is 0. The highest BCUT2D eigenvalue weighted by atomic mass is 15.2. The van der Waals surface area contributed by atoms with E-state index in [1.54, 1.807) is 0 Å². The number of benzene rings is 8. The molecule has 1 aliphatic rings. The Labute approximate surface area is 376 Å². The second-order valence-corrected chi connectivity index (χ2v) is 18.2. The summed E-state index contributed by atoms with van der Waals surface area (Å²) in [7, 11) is 0. The molecule has 0 fully saturated rings. The lowest BCUT2D eigenvalue weighted by Crippen LogP contribution is -2.59. The molecule has 0 amide bonds. The van der Waals surface area contributed by atoms with Gasteiger partial charge in [0.25, 0.3) is 0 Å². The van der Waals surface area contributed by atoms with Gasteiger partial charge < -0.3 is 14.7 Å². The third-order valence-corrected chi connectivity index (χ3v) is 12.7. The van der Waals surface area contributed by atoms with Gasteiger partial charge in [0.05, 0.1) is 0 Å². The highest BCUT2D eigenvalue weighted by Gasteiger charge is 2.39. The van der Waals surface area contributed by atoms with E-state index in [1.165, 1.54) is 55.6 Å². The van der Waals surface area contributed by atoms with Crippen LogP contribution in [-0.2, 0) is 0 Å². The summed E-state index contributed by atoms with van der Waals surface area (Å²) in [4.78, 5) is 7.32. The first kappa shape index (κ1) is 41.6. The van der Waals surface area contributed by atoms with E-state index in [1.807, 2.05) is 0 Å². The fourth-order valence-corrected chi connectivity index (χ4v) is 9.46. The van der Waals surface area contributed by atoms with Crippen molar-refractivity contribution in [2.45, 2.75) is 73.1 Å². The Morgan fingerprint density at radius 3 is 1.13 bits per heavy atom. The van der Waals surface area contributed by atoms with Crippen LogP contribution in [0.3, 0.4) is 0 Å². The smallest absolute Gasteiger partial charge is 0.247 e. The van der Waals surface area contributed by atoms with Gasteiger partial charge in [-0.1, -0.05) is 161 Å². The van der Waals surface area contributed by atoms with E-state index >= 15 is 0 Å². The summed E-state index contributed by atoms with van der Waals surface area (Å²) in [6, 6.07) is 69.8. The molecular weight excluding hydrogens is 761 g/mol. The van der Waals surface area contributed by atoms with Gasteiger partial charge in [-0.25, -0.2) is 0 Å². The molecule has 8 aromatic carbocycles. The molecule has 8 aromatic rings. The van der Waals surface area contributed by atoms with Gasteiger partial charge in [-0.15, -0.1) is 0 Å². The lowest BCUT2D eigenvalue weighted by atomic mass is 9.33. The van der Waals surface area contributed by atoms with Crippen molar-refractivity contribution in [2.24, 2.45) is 0 Å². The van der Waals surface area contributed by atoms with Gasteiger partial charge in [0.1, 0.15) is 0 Å². The summed E-state index contributed by atoms with van der Waals surface area (Å²) < 4.78 is 0. The van der Waals surface area contributed by atoms with Crippen molar-refractivity contribution in [2.75, 3.05) is 14.7 Å². The third-order valence-electron chi connectivity index (χ3n) is 12.7. The predicted octanol–water partition coefficient (Wildman–Crippen LogP) is 14.9. The molecule has 1 heterocycles. The van der Waals surface area contributed by atoms with Crippen LogP contribution in [0.2, 0.25) is 0 Å². The monoisotopic (exact) mass is 819 g/mol. The zero-order valence-electron chi connectivity index (χ0n) is 38.0. The number of aryl methyl sites for hydroxylation is 2. The Balaban J connectivity index is 1.37. The lowest BCUT2D eigenvalue weighted by Gasteiger charge is -2.40. The summed E-state index contributed by atoms with van der Waals surface area (Å²) in [6.45, 7) is 18.5. The fraction of sp³-hybridized carbons (Fsp3) is 0.186. The molecule has 0 saturated heterocycles. The quantitative estimate of drug-likeness (QED) is 0.120. The number of hydrogen-bond acceptors (Lipinski definition) is 3. The van der Waals surface area contributed by atoms with E-state index in [-0.39, 0.29) is 6.71 Å².